The summed E-state index contributed by atoms with van der Waals surface area (Å²) < 4.78 is 13.8. The number of ether oxygens (including phenoxy) is 3. The molecule has 92 valence electrons. The summed E-state index contributed by atoms with van der Waals surface area (Å²) in [6, 6.07) is 0. The van der Waals surface area contributed by atoms with Gasteiger partial charge < -0.3 is 14.2 Å². The number of rotatable bonds is 6. The third-order valence-electron chi connectivity index (χ3n) is 2.15. The summed E-state index contributed by atoms with van der Waals surface area (Å²) in [7, 11) is 0. The van der Waals surface area contributed by atoms with Crippen molar-refractivity contribution in [3.8, 4) is 25.1 Å². The van der Waals surface area contributed by atoms with E-state index in [1.165, 1.54) is 6.92 Å². The van der Waals surface area contributed by atoms with Crippen molar-refractivity contribution in [1.82, 2.24) is 0 Å². The Balaban J connectivity index is 4.81. The van der Waals surface area contributed by atoms with E-state index in [0.29, 0.717) is 6.61 Å². The third kappa shape index (κ3) is 4.18. The van der Waals surface area contributed by atoms with Crippen molar-refractivity contribution in [2.24, 2.45) is 5.41 Å². The van der Waals surface area contributed by atoms with E-state index in [-0.39, 0.29) is 13.0 Å². The third-order valence-corrected chi connectivity index (χ3v) is 2.15. The minimum Gasteiger partial charge on any atom is -0.382 e. The topological polar surface area (TPSA) is 61.8 Å². The molecule has 0 aromatic carbocycles. The fraction of sp³-hybridized carbons (Fsp3) is 0.500. The second-order valence-electron chi connectivity index (χ2n) is 3.29. The molecule has 0 amide bonds. The number of hydrogen-bond donors (Lipinski definition) is 0. The van der Waals surface area contributed by atoms with Crippen molar-refractivity contribution in [3.63, 3.8) is 0 Å². The zero-order valence-electron chi connectivity index (χ0n) is 9.82. The Morgan fingerprint density at radius 3 is 2.00 bits per heavy atom. The van der Waals surface area contributed by atoms with Crippen LogP contribution in [0.15, 0.2) is 0 Å². The van der Waals surface area contributed by atoms with Gasteiger partial charge in [0.15, 0.2) is 5.41 Å². The van der Waals surface area contributed by atoms with Gasteiger partial charge in [-0.3, -0.25) is 0 Å². The van der Waals surface area contributed by atoms with Crippen LogP contribution in [0.4, 0.5) is 0 Å². The van der Waals surface area contributed by atoms with E-state index in [4.69, 9.17) is 17.6 Å². The number of esters is 2. The predicted molar refractivity (Wildman–Crippen MR) is 59.1 cm³/mol. The zero-order chi connectivity index (χ0) is 13.3. The molecule has 0 atom stereocenters. The van der Waals surface area contributed by atoms with Crippen LogP contribution in [0.2, 0.25) is 0 Å². The first-order chi connectivity index (χ1) is 8.02. The van der Waals surface area contributed by atoms with Gasteiger partial charge in [-0.15, -0.1) is 0 Å². The molecule has 0 aliphatic rings. The Bertz CT molecular complexity index is 330. The lowest BCUT2D eigenvalue weighted by Gasteiger charge is -2.21. The van der Waals surface area contributed by atoms with Gasteiger partial charge in [-0.25, -0.2) is 9.59 Å². The average Bonchev–Trinajstić information content (AvgIpc) is 2.29. The predicted octanol–water partition coefficient (Wildman–Crippen LogP) is 0.687. The van der Waals surface area contributed by atoms with Crippen LogP contribution in [0.25, 0.3) is 0 Å². The molecule has 0 aromatic rings. The summed E-state index contributed by atoms with van der Waals surface area (Å²) >= 11 is 0. The van der Waals surface area contributed by atoms with E-state index in [9.17, 15) is 9.59 Å². The van der Waals surface area contributed by atoms with Gasteiger partial charge in [-0.1, -0.05) is 12.8 Å². The molecule has 0 heterocycles. The maximum Gasteiger partial charge on any atom is 0.337 e. The van der Waals surface area contributed by atoms with Gasteiger partial charge >= 0.3 is 11.9 Å². The second kappa shape index (κ2) is 7.32. The van der Waals surface area contributed by atoms with Crippen LogP contribution >= 0.6 is 0 Å². The summed E-state index contributed by atoms with van der Waals surface area (Å²) in [6.07, 6.45) is 13.2. The smallest absolute Gasteiger partial charge is 0.337 e. The Morgan fingerprint density at radius 1 is 1.18 bits per heavy atom. The maximum absolute atomic E-state index is 11.6. The van der Waals surface area contributed by atoms with Crippen molar-refractivity contribution in [2.45, 2.75) is 20.3 Å². The van der Waals surface area contributed by atoms with Crippen LogP contribution in [-0.4, -0.2) is 25.2 Å². The van der Waals surface area contributed by atoms with Crippen molar-refractivity contribution < 1.29 is 23.8 Å². The summed E-state index contributed by atoms with van der Waals surface area (Å²) in [5.74, 6) is -1.78. The largest absolute Gasteiger partial charge is 0.382 e. The van der Waals surface area contributed by atoms with E-state index in [2.05, 4.69) is 9.47 Å². The monoisotopic (exact) mass is 238 g/mol. The van der Waals surface area contributed by atoms with Crippen molar-refractivity contribution in [1.29, 1.82) is 0 Å². The molecule has 0 aromatic heterocycles. The summed E-state index contributed by atoms with van der Waals surface area (Å²) in [5.41, 5.74) is -1.56. The molecule has 5 heteroatoms. The molecule has 0 saturated heterocycles. The fourth-order valence-corrected chi connectivity index (χ4v) is 1.04. The van der Waals surface area contributed by atoms with E-state index in [1.807, 2.05) is 0 Å². The molecule has 0 rings (SSSR count). The quantitative estimate of drug-likeness (QED) is 0.295. The van der Waals surface area contributed by atoms with Gasteiger partial charge in [0.1, 0.15) is 12.2 Å². The molecular formula is C12H14O5. The molecule has 0 saturated carbocycles. The molecule has 5 nitrogen and oxygen atoms in total. The minimum absolute atomic E-state index is 0.0713. The normalized spacial score (nSPS) is 9.88. The van der Waals surface area contributed by atoms with E-state index < -0.39 is 17.4 Å². The van der Waals surface area contributed by atoms with Crippen LogP contribution < -0.4 is 0 Å². The summed E-state index contributed by atoms with van der Waals surface area (Å²) in [6.45, 7) is 3.78. The highest BCUT2D eigenvalue weighted by molar-refractivity contribution is 6.00. The molecule has 17 heavy (non-hydrogen) atoms. The van der Waals surface area contributed by atoms with Crippen LogP contribution in [0.1, 0.15) is 20.3 Å². The highest BCUT2D eigenvalue weighted by Gasteiger charge is 2.44. The van der Waals surface area contributed by atoms with Crippen molar-refractivity contribution >= 4 is 11.9 Å². The fourth-order valence-electron chi connectivity index (χ4n) is 1.04. The Labute approximate surface area is 100 Å². The summed E-state index contributed by atoms with van der Waals surface area (Å²) in [5, 5.41) is 0. The zero-order valence-corrected chi connectivity index (χ0v) is 9.82. The minimum atomic E-state index is -1.56. The lowest BCUT2D eigenvalue weighted by atomic mass is 9.87. The first kappa shape index (κ1) is 15.0. The first-order valence-electron chi connectivity index (χ1n) is 4.94. The molecule has 0 radical (unpaired) electrons. The molecular weight excluding hydrogens is 224 g/mol. The Hall–Kier alpha value is -1.98. The van der Waals surface area contributed by atoms with Crippen LogP contribution in [-0.2, 0) is 23.8 Å². The average molecular weight is 238 g/mol. The SMILES string of the molecule is C#COC(=O)C(C)(CCOCC)C(=O)OC#C. The van der Waals surface area contributed by atoms with E-state index in [1.54, 1.807) is 19.1 Å². The number of carbonyl (C=O) groups is 2. The highest BCUT2D eigenvalue weighted by atomic mass is 16.5. The lowest BCUT2D eigenvalue weighted by Crippen LogP contribution is -2.39. The molecule has 0 N–H and O–H groups in total. The standard InChI is InChI=1S/C12H14O5/c1-5-15-9-8-12(4,10(13)16-6-2)11(14)17-7-3/h2-3H,5,8-9H2,1,4H3. The van der Waals surface area contributed by atoms with Crippen LogP contribution in [0.5, 0.6) is 0 Å². The maximum atomic E-state index is 11.6. The molecule has 0 unspecified atom stereocenters. The van der Waals surface area contributed by atoms with Crippen molar-refractivity contribution in [3.05, 3.63) is 0 Å². The summed E-state index contributed by atoms with van der Waals surface area (Å²) in [4.78, 5) is 23.2. The van der Waals surface area contributed by atoms with Crippen molar-refractivity contribution in [2.75, 3.05) is 13.2 Å². The van der Waals surface area contributed by atoms with Crippen LogP contribution in [0.3, 0.4) is 0 Å². The van der Waals surface area contributed by atoms with E-state index in [0.717, 1.165) is 0 Å². The molecule has 0 bridgehead atoms. The Kier molecular flexibility index (Phi) is 6.47. The lowest BCUT2D eigenvalue weighted by molar-refractivity contribution is -0.164. The number of terminal acetylenes is 2. The molecule has 0 spiro atoms. The molecule has 0 aliphatic heterocycles. The van der Waals surface area contributed by atoms with Gasteiger partial charge in [-0.05, 0) is 20.3 Å². The number of carbonyl (C=O) groups excluding carboxylic acids is 2. The van der Waals surface area contributed by atoms with Gasteiger partial charge in [-0.2, -0.15) is 0 Å². The Morgan fingerprint density at radius 2 is 1.65 bits per heavy atom. The number of hydrogen-bond acceptors (Lipinski definition) is 5. The van der Waals surface area contributed by atoms with Gasteiger partial charge in [0, 0.05) is 13.2 Å². The molecule has 0 fully saturated rings. The molecule has 0 aliphatic carbocycles. The van der Waals surface area contributed by atoms with Gasteiger partial charge in [0.2, 0.25) is 0 Å². The first-order valence-corrected chi connectivity index (χ1v) is 4.94. The van der Waals surface area contributed by atoms with Gasteiger partial charge in [0.05, 0.1) is 0 Å². The van der Waals surface area contributed by atoms with E-state index >= 15 is 0 Å². The highest BCUT2D eigenvalue weighted by Crippen LogP contribution is 2.25. The second-order valence-corrected chi connectivity index (χ2v) is 3.29. The van der Waals surface area contributed by atoms with Gasteiger partial charge in [0.25, 0.3) is 0 Å². The van der Waals surface area contributed by atoms with Crippen LogP contribution in [0, 0.1) is 30.5 Å².